The Labute approximate surface area is 145 Å². The summed E-state index contributed by atoms with van der Waals surface area (Å²) < 4.78 is 44.1. The Kier molecular flexibility index (Phi) is 5.22. The minimum atomic E-state index is -4.46. The Bertz CT molecular complexity index is 621. The Morgan fingerprint density at radius 2 is 1.96 bits per heavy atom. The first-order valence-corrected chi connectivity index (χ1v) is 8.75. The lowest BCUT2D eigenvalue weighted by Gasteiger charge is -2.28. The molecule has 0 aromatic heterocycles. The quantitative estimate of drug-likeness (QED) is 0.840. The van der Waals surface area contributed by atoms with Crippen molar-refractivity contribution in [2.75, 3.05) is 11.9 Å². The standard InChI is InChI=1S/C18H23F3N2O2/c1-2-25-16-6-3-12(18(19,20)21)10-15(16)23-17(24)9-11-7-13-4-5-14(8-11)22-13/h3,6,10-11,13-14,22H,2,4-5,7-9H2,1H3,(H,23,24). The van der Waals surface area contributed by atoms with Crippen molar-refractivity contribution in [1.82, 2.24) is 5.32 Å². The van der Waals surface area contributed by atoms with Crippen molar-refractivity contribution in [3.05, 3.63) is 23.8 Å². The highest BCUT2D eigenvalue weighted by Gasteiger charge is 2.34. The van der Waals surface area contributed by atoms with E-state index in [1.807, 2.05) is 0 Å². The molecule has 0 spiro atoms. The number of nitrogens with one attached hydrogen (secondary N) is 2. The van der Waals surface area contributed by atoms with Crippen LogP contribution in [-0.2, 0) is 11.0 Å². The highest BCUT2D eigenvalue weighted by Crippen LogP contribution is 2.36. The molecule has 0 saturated carbocycles. The number of halogens is 3. The summed E-state index contributed by atoms with van der Waals surface area (Å²) in [4.78, 5) is 12.4. The van der Waals surface area contributed by atoms with E-state index in [0.29, 0.717) is 25.1 Å². The number of benzene rings is 1. The van der Waals surface area contributed by atoms with Crippen molar-refractivity contribution < 1.29 is 22.7 Å². The third-order valence-corrected chi connectivity index (χ3v) is 4.93. The fourth-order valence-electron chi connectivity index (χ4n) is 3.89. The van der Waals surface area contributed by atoms with Crippen LogP contribution < -0.4 is 15.4 Å². The van der Waals surface area contributed by atoms with Gasteiger partial charge in [0.1, 0.15) is 5.75 Å². The molecule has 2 bridgehead atoms. The predicted molar refractivity (Wildman–Crippen MR) is 88.5 cm³/mol. The molecule has 2 unspecified atom stereocenters. The van der Waals surface area contributed by atoms with Crippen molar-refractivity contribution in [3.8, 4) is 5.75 Å². The summed E-state index contributed by atoms with van der Waals surface area (Å²) in [6.45, 7) is 2.06. The molecule has 2 heterocycles. The minimum absolute atomic E-state index is 0.0820. The summed E-state index contributed by atoms with van der Waals surface area (Å²) in [5, 5.41) is 6.14. The smallest absolute Gasteiger partial charge is 0.416 e. The Morgan fingerprint density at radius 3 is 2.56 bits per heavy atom. The molecule has 2 atom stereocenters. The molecule has 1 amide bonds. The summed E-state index contributed by atoms with van der Waals surface area (Å²) in [5.74, 6) is 0.279. The van der Waals surface area contributed by atoms with E-state index in [-0.39, 0.29) is 23.3 Å². The number of hydrogen-bond acceptors (Lipinski definition) is 3. The van der Waals surface area contributed by atoms with Crippen LogP contribution in [-0.4, -0.2) is 24.6 Å². The van der Waals surface area contributed by atoms with E-state index in [4.69, 9.17) is 4.74 Å². The highest BCUT2D eigenvalue weighted by molar-refractivity contribution is 5.92. The van der Waals surface area contributed by atoms with Gasteiger partial charge in [-0.05, 0) is 56.7 Å². The maximum absolute atomic E-state index is 12.9. The lowest BCUT2D eigenvalue weighted by molar-refractivity contribution is -0.137. The van der Waals surface area contributed by atoms with Crippen molar-refractivity contribution in [2.45, 2.75) is 57.3 Å². The second-order valence-corrected chi connectivity index (χ2v) is 6.87. The molecule has 2 saturated heterocycles. The molecule has 1 aromatic rings. The van der Waals surface area contributed by atoms with Crippen molar-refractivity contribution >= 4 is 11.6 Å². The first kappa shape index (κ1) is 18.0. The zero-order chi connectivity index (χ0) is 18.0. The van der Waals surface area contributed by atoms with Gasteiger partial charge in [-0.1, -0.05) is 0 Å². The monoisotopic (exact) mass is 356 g/mol. The summed E-state index contributed by atoms with van der Waals surface area (Å²) in [5.41, 5.74) is -0.718. The van der Waals surface area contributed by atoms with E-state index >= 15 is 0 Å². The summed E-state index contributed by atoms with van der Waals surface area (Å²) in [6, 6.07) is 4.11. The Morgan fingerprint density at radius 1 is 1.28 bits per heavy atom. The number of carbonyl (C=O) groups is 1. The predicted octanol–water partition coefficient (Wildman–Crippen LogP) is 3.96. The number of hydrogen-bond donors (Lipinski definition) is 2. The average molecular weight is 356 g/mol. The van der Waals surface area contributed by atoms with Gasteiger partial charge in [0.05, 0.1) is 17.9 Å². The zero-order valence-electron chi connectivity index (χ0n) is 14.2. The van der Waals surface area contributed by atoms with Gasteiger partial charge in [-0.25, -0.2) is 0 Å². The van der Waals surface area contributed by atoms with E-state index < -0.39 is 11.7 Å². The molecule has 2 aliphatic rings. The molecule has 138 valence electrons. The minimum Gasteiger partial charge on any atom is -0.492 e. The molecule has 2 aliphatic heterocycles. The number of carbonyl (C=O) groups excluding carboxylic acids is 1. The van der Waals surface area contributed by atoms with Crippen LogP contribution in [0.3, 0.4) is 0 Å². The molecule has 0 radical (unpaired) electrons. The van der Waals surface area contributed by atoms with Crippen LogP contribution >= 0.6 is 0 Å². The summed E-state index contributed by atoms with van der Waals surface area (Å²) in [6.07, 6.45) is 0.0560. The maximum Gasteiger partial charge on any atom is 0.416 e. The first-order valence-electron chi connectivity index (χ1n) is 8.75. The molecule has 0 aliphatic carbocycles. The Balaban J connectivity index is 1.68. The van der Waals surface area contributed by atoms with E-state index in [0.717, 1.165) is 37.8 Å². The van der Waals surface area contributed by atoms with Crippen molar-refractivity contribution in [2.24, 2.45) is 5.92 Å². The van der Waals surface area contributed by atoms with Crippen LogP contribution in [0.5, 0.6) is 5.75 Å². The molecule has 2 N–H and O–H groups in total. The number of alkyl halides is 3. The number of amides is 1. The lowest BCUT2D eigenvalue weighted by Crippen LogP contribution is -2.39. The Hall–Kier alpha value is -1.76. The van der Waals surface area contributed by atoms with Gasteiger partial charge in [-0.2, -0.15) is 13.2 Å². The van der Waals surface area contributed by atoms with Gasteiger partial charge in [0.25, 0.3) is 0 Å². The highest BCUT2D eigenvalue weighted by atomic mass is 19.4. The fourth-order valence-corrected chi connectivity index (χ4v) is 3.89. The van der Waals surface area contributed by atoms with Crippen molar-refractivity contribution in [1.29, 1.82) is 0 Å². The summed E-state index contributed by atoms with van der Waals surface area (Å²) in [7, 11) is 0. The second kappa shape index (κ2) is 7.23. The largest absolute Gasteiger partial charge is 0.492 e. The van der Waals surface area contributed by atoms with Crippen molar-refractivity contribution in [3.63, 3.8) is 0 Å². The number of anilines is 1. The number of ether oxygens (including phenoxy) is 1. The number of fused-ring (bicyclic) bond motifs is 2. The molecule has 1 aromatic carbocycles. The van der Waals surface area contributed by atoms with Crippen LogP contribution in [0.2, 0.25) is 0 Å². The number of piperidine rings is 1. The van der Waals surface area contributed by atoms with Gasteiger partial charge in [0.15, 0.2) is 0 Å². The second-order valence-electron chi connectivity index (χ2n) is 6.87. The van der Waals surface area contributed by atoms with Crippen LogP contribution in [0.4, 0.5) is 18.9 Å². The normalized spacial score (nSPS) is 25.7. The van der Waals surface area contributed by atoms with E-state index in [9.17, 15) is 18.0 Å². The average Bonchev–Trinajstić information content (AvgIpc) is 2.87. The third-order valence-electron chi connectivity index (χ3n) is 4.93. The molecule has 2 fully saturated rings. The fraction of sp³-hybridized carbons (Fsp3) is 0.611. The van der Waals surface area contributed by atoms with Crippen LogP contribution in [0.1, 0.15) is 44.6 Å². The topological polar surface area (TPSA) is 50.4 Å². The van der Waals surface area contributed by atoms with E-state index in [1.165, 1.54) is 6.07 Å². The van der Waals surface area contributed by atoms with Gasteiger partial charge < -0.3 is 15.4 Å². The third kappa shape index (κ3) is 4.45. The molecule has 3 rings (SSSR count). The molecule has 25 heavy (non-hydrogen) atoms. The van der Waals surface area contributed by atoms with E-state index in [1.54, 1.807) is 6.92 Å². The molecule has 4 nitrogen and oxygen atoms in total. The molecular formula is C18H23F3N2O2. The molecule has 7 heteroatoms. The summed E-state index contributed by atoms with van der Waals surface area (Å²) >= 11 is 0. The van der Waals surface area contributed by atoms with Gasteiger partial charge in [-0.3, -0.25) is 4.79 Å². The van der Waals surface area contributed by atoms with E-state index in [2.05, 4.69) is 10.6 Å². The van der Waals surface area contributed by atoms with Crippen LogP contribution in [0, 0.1) is 5.92 Å². The van der Waals surface area contributed by atoms with Gasteiger partial charge >= 0.3 is 6.18 Å². The maximum atomic E-state index is 12.9. The lowest BCUT2D eigenvalue weighted by atomic mass is 9.89. The SMILES string of the molecule is CCOc1ccc(C(F)(F)F)cc1NC(=O)CC1CC2CCC(C1)N2. The molecular weight excluding hydrogens is 333 g/mol. The first-order chi connectivity index (χ1) is 11.8. The number of rotatable bonds is 5. The zero-order valence-corrected chi connectivity index (χ0v) is 14.2. The van der Waals surface area contributed by atoms with Crippen LogP contribution in [0.15, 0.2) is 18.2 Å². The van der Waals surface area contributed by atoms with Gasteiger partial charge in [-0.15, -0.1) is 0 Å². The van der Waals surface area contributed by atoms with Crippen LogP contribution in [0.25, 0.3) is 0 Å². The van der Waals surface area contributed by atoms with Gasteiger partial charge in [0, 0.05) is 18.5 Å². The van der Waals surface area contributed by atoms with Gasteiger partial charge in [0.2, 0.25) is 5.91 Å².